The van der Waals surface area contributed by atoms with Crippen molar-refractivity contribution in [1.29, 1.82) is 0 Å². The van der Waals surface area contributed by atoms with Gasteiger partial charge in [-0.15, -0.1) is 0 Å². The second kappa shape index (κ2) is 5.83. The first-order valence-corrected chi connectivity index (χ1v) is 7.14. The number of aromatic amines is 1. The monoisotopic (exact) mass is 278 g/mol. The molecule has 2 aromatic carbocycles. The van der Waals surface area contributed by atoms with Gasteiger partial charge in [0.25, 0.3) is 5.91 Å². The number of rotatable bonds is 4. The summed E-state index contributed by atoms with van der Waals surface area (Å²) in [5.41, 5.74) is 4.12. The Morgan fingerprint density at radius 1 is 1.14 bits per heavy atom. The molecule has 3 aromatic rings. The molecule has 3 nitrogen and oxygen atoms in total. The van der Waals surface area contributed by atoms with Crippen LogP contribution in [0.15, 0.2) is 54.7 Å². The fourth-order valence-electron chi connectivity index (χ4n) is 2.50. The molecule has 0 aliphatic carbocycles. The van der Waals surface area contributed by atoms with Crippen LogP contribution in [0.3, 0.4) is 0 Å². The zero-order valence-electron chi connectivity index (χ0n) is 12.0. The van der Waals surface area contributed by atoms with Crippen molar-refractivity contribution in [1.82, 2.24) is 10.3 Å². The molecule has 106 valence electrons. The summed E-state index contributed by atoms with van der Waals surface area (Å²) in [4.78, 5) is 15.3. The highest BCUT2D eigenvalue weighted by Crippen LogP contribution is 2.14. The van der Waals surface area contributed by atoms with Crippen molar-refractivity contribution in [2.45, 2.75) is 13.3 Å². The van der Waals surface area contributed by atoms with Crippen LogP contribution in [0.1, 0.15) is 21.5 Å². The number of carbonyl (C=O) groups is 1. The third-order valence-electron chi connectivity index (χ3n) is 3.71. The van der Waals surface area contributed by atoms with E-state index in [1.807, 2.05) is 37.4 Å². The molecule has 1 heterocycles. The zero-order chi connectivity index (χ0) is 14.7. The molecule has 2 N–H and O–H groups in total. The van der Waals surface area contributed by atoms with Gasteiger partial charge in [-0.25, -0.2) is 0 Å². The molecule has 0 aliphatic rings. The smallest absolute Gasteiger partial charge is 0.251 e. The second-order valence-corrected chi connectivity index (χ2v) is 5.22. The maximum Gasteiger partial charge on any atom is 0.251 e. The van der Waals surface area contributed by atoms with Crippen LogP contribution in [0, 0.1) is 6.92 Å². The van der Waals surface area contributed by atoms with Gasteiger partial charge in [-0.3, -0.25) is 4.79 Å². The van der Waals surface area contributed by atoms with E-state index < -0.39 is 0 Å². The Balaban J connectivity index is 1.60. The second-order valence-electron chi connectivity index (χ2n) is 5.22. The summed E-state index contributed by atoms with van der Waals surface area (Å²) >= 11 is 0. The molecule has 0 atom stereocenters. The van der Waals surface area contributed by atoms with Crippen molar-refractivity contribution in [3.8, 4) is 0 Å². The largest absolute Gasteiger partial charge is 0.361 e. The summed E-state index contributed by atoms with van der Waals surface area (Å²) in [6.45, 7) is 2.60. The topological polar surface area (TPSA) is 44.9 Å². The molecule has 0 spiro atoms. The number of fused-ring (bicyclic) bond motifs is 1. The van der Waals surface area contributed by atoms with Crippen LogP contribution in [0.5, 0.6) is 0 Å². The predicted molar refractivity (Wildman–Crippen MR) is 85.5 cm³/mol. The van der Waals surface area contributed by atoms with E-state index in [2.05, 4.69) is 34.6 Å². The number of amides is 1. The lowest BCUT2D eigenvalue weighted by Gasteiger charge is -2.07. The predicted octanol–water partition coefficient (Wildman–Crippen LogP) is 3.45. The molecular weight excluding hydrogens is 260 g/mol. The highest BCUT2D eigenvalue weighted by atomic mass is 16.1. The van der Waals surface area contributed by atoms with E-state index in [0.717, 1.165) is 23.1 Å². The Labute approximate surface area is 124 Å². The first-order chi connectivity index (χ1) is 10.2. The zero-order valence-corrected chi connectivity index (χ0v) is 12.0. The van der Waals surface area contributed by atoms with Gasteiger partial charge in [0.2, 0.25) is 0 Å². The van der Waals surface area contributed by atoms with Gasteiger partial charge < -0.3 is 10.3 Å². The molecule has 3 rings (SSSR count). The summed E-state index contributed by atoms with van der Waals surface area (Å²) in [7, 11) is 0. The molecule has 0 unspecified atom stereocenters. The molecule has 3 heteroatoms. The molecule has 0 bridgehead atoms. The number of aryl methyl sites for hydroxylation is 1. The van der Waals surface area contributed by atoms with Gasteiger partial charge >= 0.3 is 0 Å². The van der Waals surface area contributed by atoms with Crippen LogP contribution >= 0.6 is 0 Å². The van der Waals surface area contributed by atoms with E-state index >= 15 is 0 Å². The lowest BCUT2D eigenvalue weighted by Crippen LogP contribution is -2.26. The van der Waals surface area contributed by atoms with Crippen LogP contribution in [0.4, 0.5) is 0 Å². The SMILES string of the molecule is Cc1ccccc1C(=O)NCCc1ccc2[nH]ccc2c1. The number of H-pyrrole nitrogens is 1. The average Bonchev–Trinajstić information content (AvgIpc) is 2.95. The van der Waals surface area contributed by atoms with Gasteiger partial charge in [0, 0.05) is 23.8 Å². The Morgan fingerprint density at radius 2 is 2.00 bits per heavy atom. The van der Waals surface area contributed by atoms with Crippen LogP contribution in [-0.2, 0) is 6.42 Å². The standard InChI is InChI=1S/C18H18N2O/c1-13-4-2-3-5-16(13)18(21)20-10-8-14-6-7-17-15(12-14)9-11-19-17/h2-7,9,11-12,19H,8,10H2,1H3,(H,20,21). The number of aromatic nitrogens is 1. The number of hydrogen-bond acceptors (Lipinski definition) is 1. The molecule has 0 fully saturated rings. The van der Waals surface area contributed by atoms with Crippen molar-refractivity contribution in [2.24, 2.45) is 0 Å². The van der Waals surface area contributed by atoms with E-state index in [-0.39, 0.29) is 5.91 Å². The van der Waals surface area contributed by atoms with E-state index in [9.17, 15) is 4.79 Å². The van der Waals surface area contributed by atoms with Gasteiger partial charge in [-0.1, -0.05) is 24.3 Å². The third kappa shape index (κ3) is 2.97. The maximum absolute atomic E-state index is 12.1. The van der Waals surface area contributed by atoms with Crippen LogP contribution in [-0.4, -0.2) is 17.4 Å². The molecule has 21 heavy (non-hydrogen) atoms. The minimum atomic E-state index is -0.00387. The van der Waals surface area contributed by atoms with E-state index in [0.29, 0.717) is 6.54 Å². The maximum atomic E-state index is 12.1. The Kier molecular flexibility index (Phi) is 3.73. The minimum Gasteiger partial charge on any atom is -0.361 e. The molecule has 0 saturated heterocycles. The molecule has 0 saturated carbocycles. The number of hydrogen-bond donors (Lipinski definition) is 2. The minimum absolute atomic E-state index is 0.00387. The van der Waals surface area contributed by atoms with Gasteiger partial charge in [-0.2, -0.15) is 0 Å². The summed E-state index contributed by atoms with van der Waals surface area (Å²) in [5.74, 6) is -0.00387. The van der Waals surface area contributed by atoms with Crippen LogP contribution in [0.25, 0.3) is 10.9 Å². The first kappa shape index (κ1) is 13.4. The fraction of sp³-hybridized carbons (Fsp3) is 0.167. The van der Waals surface area contributed by atoms with Crippen molar-refractivity contribution in [2.75, 3.05) is 6.54 Å². The number of nitrogens with one attached hydrogen (secondary N) is 2. The molecule has 1 amide bonds. The number of benzene rings is 2. The first-order valence-electron chi connectivity index (χ1n) is 7.14. The molecule has 0 radical (unpaired) electrons. The Morgan fingerprint density at radius 3 is 2.86 bits per heavy atom. The Hall–Kier alpha value is -2.55. The van der Waals surface area contributed by atoms with Crippen molar-refractivity contribution in [3.05, 3.63) is 71.4 Å². The summed E-state index contributed by atoms with van der Waals surface area (Å²) in [5, 5.41) is 4.19. The summed E-state index contributed by atoms with van der Waals surface area (Å²) in [6.07, 6.45) is 2.77. The fourth-order valence-corrected chi connectivity index (χ4v) is 2.50. The van der Waals surface area contributed by atoms with Crippen molar-refractivity contribution >= 4 is 16.8 Å². The van der Waals surface area contributed by atoms with Gasteiger partial charge in [0.1, 0.15) is 0 Å². The summed E-state index contributed by atoms with van der Waals surface area (Å²) < 4.78 is 0. The third-order valence-corrected chi connectivity index (χ3v) is 3.71. The summed E-state index contributed by atoms with van der Waals surface area (Å²) in [6, 6.07) is 16.0. The molecule has 1 aromatic heterocycles. The van der Waals surface area contributed by atoms with Gasteiger partial charge in [-0.05, 0) is 54.1 Å². The normalized spacial score (nSPS) is 10.7. The lowest BCUT2D eigenvalue weighted by atomic mass is 10.1. The highest BCUT2D eigenvalue weighted by molar-refractivity contribution is 5.95. The quantitative estimate of drug-likeness (QED) is 0.754. The molecule has 0 aliphatic heterocycles. The van der Waals surface area contributed by atoms with E-state index in [1.165, 1.54) is 10.9 Å². The average molecular weight is 278 g/mol. The molecular formula is C18H18N2O. The lowest BCUT2D eigenvalue weighted by molar-refractivity contribution is 0.0953. The van der Waals surface area contributed by atoms with Crippen LogP contribution < -0.4 is 5.32 Å². The highest BCUT2D eigenvalue weighted by Gasteiger charge is 2.07. The van der Waals surface area contributed by atoms with Crippen molar-refractivity contribution in [3.63, 3.8) is 0 Å². The Bertz CT molecular complexity index is 773. The van der Waals surface area contributed by atoms with Crippen LogP contribution in [0.2, 0.25) is 0 Å². The van der Waals surface area contributed by atoms with Gasteiger partial charge in [0.05, 0.1) is 0 Å². The number of carbonyl (C=O) groups excluding carboxylic acids is 1. The van der Waals surface area contributed by atoms with Crippen molar-refractivity contribution < 1.29 is 4.79 Å². The van der Waals surface area contributed by atoms with Gasteiger partial charge in [0.15, 0.2) is 0 Å². The van der Waals surface area contributed by atoms with E-state index in [4.69, 9.17) is 0 Å². The van der Waals surface area contributed by atoms with E-state index in [1.54, 1.807) is 0 Å².